The molecule has 0 aliphatic carbocycles. The Bertz CT molecular complexity index is 147. The van der Waals surface area contributed by atoms with Crippen LogP contribution in [0.4, 0.5) is 0 Å². The van der Waals surface area contributed by atoms with Gasteiger partial charge in [0.1, 0.15) is 0 Å². The molecule has 0 spiro atoms. The van der Waals surface area contributed by atoms with E-state index in [1.54, 1.807) is 0 Å². The maximum Gasteiger partial charge on any atom is 0.303 e. The molecular formula is C13H29NO2. The lowest BCUT2D eigenvalue weighted by molar-refractivity contribution is -0.137. The Balaban J connectivity index is 0. The maximum atomic E-state index is 9.96. The quantitative estimate of drug-likeness (QED) is 0.651. The van der Waals surface area contributed by atoms with Crippen molar-refractivity contribution in [2.45, 2.75) is 58.8 Å². The molecule has 0 bridgehead atoms. The van der Waals surface area contributed by atoms with E-state index in [4.69, 9.17) is 5.11 Å². The van der Waals surface area contributed by atoms with Gasteiger partial charge in [0.2, 0.25) is 0 Å². The minimum atomic E-state index is -0.675. The van der Waals surface area contributed by atoms with E-state index in [0.29, 0.717) is 6.42 Å². The lowest BCUT2D eigenvalue weighted by atomic mass is 10.2. The molecule has 0 saturated heterocycles. The van der Waals surface area contributed by atoms with Crippen molar-refractivity contribution in [1.82, 2.24) is 4.90 Å². The van der Waals surface area contributed by atoms with Crippen LogP contribution in [0.1, 0.15) is 58.8 Å². The van der Waals surface area contributed by atoms with Gasteiger partial charge in [-0.05, 0) is 33.5 Å². The topological polar surface area (TPSA) is 40.5 Å². The Morgan fingerprint density at radius 1 is 1.00 bits per heavy atom. The fraction of sp³-hybridized carbons (Fsp3) is 0.923. The average Bonchev–Trinajstić information content (AvgIpc) is 2.22. The predicted octanol–water partition coefficient (Wildman–Crippen LogP) is 3.39. The van der Waals surface area contributed by atoms with Crippen molar-refractivity contribution >= 4 is 5.97 Å². The molecule has 0 heterocycles. The van der Waals surface area contributed by atoms with Crippen LogP contribution in [0.15, 0.2) is 0 Å². The third kappa shape index (κ3) is 23.3. The van der Waals surface area contributed by atoms with Crippen molar-refractivity contribution in [1.29, 1.82) is 0 Å². The molecule has 0 aliphatic rings. The van der Waals surface area contributed by atoms with Crippen LogP contribution in [0.5, 0.6) is 0 Å². The number of hydrogen-bond donors (Lipinski definition) is 1. The van der Waals surface area contributed by atoms with Crippen molar-refractivity contribution in [2.24, 2.45) is 0 Å². The zero-order valence-corrected chi connectivity index (χ0v) is 11.5. The highest BCUT2D eigenvalue weighted by atomic mass is 16.4. The molecule has 0 aromatic rings. The second-order valence-corrected chi connectivity index (χ2v) is 4.36. The molecule has 1 N–H and O–H groups in total. The van der Waals surface area contributed by atoms with Crippen molar-refractivity contribution < 1.29 is 9.90 Å². The van der Waals surface area contributed by atoms with Crippen LogP contribution in [0.3, 0.4) is 0 Å². The highest BCUT2D eigenvalue weighted by molar-refractivity contribution is 5.66. The molecule has 0 amide bonds. The number of hydrogen-bond acceptors (Lipinski definition) is 2. The molecule has 0 aromatic carbocycles. The molecule has 0 aromatic heterocycles. The second-order valence-electron chi connectivity index (χ2n) is 4.36. The summed E-state index contributed by atoms with van der Waals surface area (Å²) in [4.78, 5) is 12.2. The number of unbranched alkanes of at least 4 members (excludes halogenated alkanes) is 4. The molecule has 3 heteroatoms. The van der Waals surface area contributed by atoms with Gasteiger partial charge in [-0.3, -0.25) is 4.79 Å². The summed E-state index contributed by atoms with van der Waals surface area (Å²) in [6, 6.07) is 0. The highest BCUT2D eigenvalue weighted by Gasteiger charge is 1.93. The number of carbonyl (C=O) groups is 1. The van der Waals surface area contributed by atoms with E-state index in [1.165, 1.54) is 25.8 Å². The van der Waals surface area contributed by atoms with Gasteiger partial charge in [0.05, 0.1) is 0 Å². The summed E-state index contributed by atoms with van der Waals surface area (Å²) >= 11 is 0. The van der Waals surface area contributed by atoms with E-state index in [2.05, 4.69) is 32.8 Å². The van der Waals surface area contributed by atoms with Gasteiger partial charge in [-0.25, -0.2) is 0 Å². The summed E-state index contributed by atoms with van der Waals surface area (Å²) in [5, 5.41) is 8.21. The van der Waals surface area contributed by atoms with Gasteiger partial charge in [0.15, 0.2) is 0 Å². The van der Waals surface area contributed by atoms with Crippen molar-refractivity contribution in [3.8, 4) is 0 Å². The largest absolute Gasteiger partial charge is 0.481 e. The van der Waals surface area contributed by atoms with E-state index in [9.17, 15) is 4.79 Å². The first-order valence-electron chi connectivity index (χ1n) is 6.41. The van der Waals surface area contributed by atoms with E-state index >= 15 is 0 Å². The maximum absolute atomic E-state index is 9.96. The smallest absolute Gasteiger partial charge is 0.303 e. The Hall–Kier alpha value is -0.570. The Kier molecular flexibility index (Phi) is 16.1. The third-order valence-corrected chi connectivity index (χ3v) is 2.20. The van der Waals surface area contributed by atoms with Crippen LogP contribution in [0.2, 0.25) is 0 Å². The molecule has 98 valence electrons. The van der Waals surface area contributed by atoms with Gasteiger partial charge in [-0.1, -0.05) is 39.5 Å². The van der Waals surface area contributed by atoms with Gasteiger partial charge in [-0.2, -0.15) is 0 Å². The van der Waals surface area contributed by atoms with Gasteiger partial charge < -0.3 is 10.0 Å². The predicted molar refractivity (Wildman–Crippen MR) is 69.9 cm³/mol. The second kappa shape index (κ2) is 14.4. The fourth-order valence-electron chi connectivity index (χ4n) is 1.18. The molecule has 0 atom stereocenters. The van der Waals surface area contributed by atoms with Crippen LogP contribution < -0.4 is 0 Å². The molecule has 3 nitrogen and oxygen atoms in total. The molecule has 0 aliphatic heterocycles. The van der Waals surface area contributed by atoms with Gasteiger partial charge in [0.25, 0.3) is 0 Å². The summed E-state index contributed by atoms with van der Waals surface area (Å²) in [5.41, 5.74) is 0. The number of carboxylic acids is 1. The number of carboxylic acid groups (broad SMARTS) is 1. The first-order valence-corrected chi connectivity index (χ1v) is 6.41. The number of rotatable bonds is 8. The third-order valence-electron chi connectivity index (χ3n) is 2.20. The first-order chi connectivity index (χ1) is 7.54. The molecule has 0 saturated carbocycles. The number of aliphatic carboxylic acids is 1. The molecule has 0 radical (unpaired) electrons. The molecular weight excluding hydrogens is 202 g/mol. The van der Waals surface area contributed by atoms with Crippen LogP contribution in [0.25, 0.3) is 0 Å². The fourth-order valence-corrected chi connectivity index (χ4v) is 1.18. The lowest BCUT2D eigenvalue weighted by Crippen LogP contribution is -2.12. The average molecular weight is 231 g/mol. The Labute approximate surface area is 101 Å². The van der Waals surface area contributed by atoms with Crippen molar-refractivity contribution in [2.75, 3.05) is 20.6 Å². The van der Waals surface area contributed by atoms with Crippen molar-refractivity contribution in [3.05, 3.63) is 0 Å². The zero-order chi connectivity index (χ0) is 12.8. The molecule has 0 fully saturated rings. The summed E-state index contributed by atoms with van der Waals surface area (Å²) < 4.78 is 0. The van der Waals surface area contributed by atoms with Crippen LogP contribution in [-0.4, -0.2) is 36.6 Å². The van der Waals surface area contributed by atoms with Crippen LogP contribution >= 0.6 is 0 Å². The summed E-state index contributed by atoms with van der Waals surface area (Å²) in [5.74, 6) is -0.675. The highest BCUT2D eigenvalue weighted by Crippen LogP contribution is 2.01. The number of nitrogens with zero attached hydrogens (tertiary/aromatic N) is 1. The Morgan fingerprint density at radius 2 is 1.56 bits per heavy atom. The monoisotopic (exact) mass is 231 g/mol. The molecule has 16 heavy (non-hydrogen) atoms. The van der Waals surface area contributed by atoms with Crippen molar-refractivity contribution in [3.63, 3.8) is 0 Å². The molecule has 0 rings (SSSR count). The van der Waals surface area contributed by atoms with E-state index in [-0.39, 0.29) is 0 Å². The van der Waals surface area contributed by atoms with Crippen LogP contribution in [0, 0.1) is 0 Å². The first kappa shape index (κ1) is 17.8. The zero-order valence-electron chi connectivity index (χ0n) is 11.5. The van der Waals surface area contributed by atoms with Crippen LogP contribution in [-0.2, 0) is 4.79 Å². The standard InChI is InChI=1S/C7H14O2.C6H15N/c1-2-3-4-5-6-7(8)9;1-4-5-6-7(2)3/h2-6H2,1H3,(H,8,9);4-6H2,1-3H3. The normalized spacial score (nSPS) is 9.81. The van der Waals surface area contributed by atoms with E-state index < -0.39 is 5.97 Å². The van der Waals surface area contributed by atoms with Gasteiger partial charge in [-0.15, -0.1) is 0 Å². The lowest BCUT2D eigenvalue weighted by Gasteiger charge is -2.05. The Morgan fingerprint density at radius 3 is 1.88 bits per heavy atom. The van der Waals surface area contributed by atoms with Gasteiger partial charge >= 0.3 is 5.97 Å². The molecule has 0 unspecified atom stereocenters. The van der Waals surface area contributed by atoms with Gasteiger partial charge in [0, 0.05) is 6.42 Å². The summed E-state index contributed by atoms with van der Waals surface area (Å²) in [7, 11) is 4.21. The summed E-state index contributed by atoms with van der Waals surface area (Å²) in [6.07, 6.45) is 7.18. The minimum absolute atomic E-state index is 0.333. The summed E-state index contributed by atoms with van der Waals surface area (Å²) in [6.45, 7) is 5.56. The van der Waals surface area contributed by atoms with E-state index in [1.807, 2.05) is 0 Å². The minimum Gasteiger partial charge on any atom is -0.481 e. The van der Waals surface area contributed by atoms with E-state index in [0.717, 1.165) is 19.3 Å². The SMILES string of the molecule is CCCCCCC(=O)O.CCCCN(C)C.